The highest BCUT2D eigenvalue weighted by molar-refractivity contribution is 9.10. The zero-order valence-corrected chi connectivity index (χ0v) is 14.0. The summed E-state index contributed by atoms with van der Waals surface area (Å²) in [4.78, 5) is 0. The minimum Gasteiger partial charge on any atom is -0.375 e. The van der Waals surface area contributed by atoms with Gasteiger partial charge in [0.2, 0.25) is 0 Å². The normalized spacial score (nSPS) is 32.6. The second-order valence-corrected chi connectivity index (χ2v) is 6.82. The summed E-state index contributed by atoms with van der Waals surface area (Å²) in [5, 5.41) is 0. The summed E-state index contributed by atoms with van der Waals surface area (Å²) < 4.78 is 7.08. The number of rotatable bonds is 2. The van der Waals surface area contributed by atoms with Gasteiger partial charge < -0.3 is 10.5 Å². The summed E-state index contributed by atoms with van der Waals surface area (Å²) in [6.45, 7) is 10.8. The van der Waals surface area contributed by atoms with Gasteiger partial charge in [-0.05, 0) is 56.4 Å². The van der Waals surface area contributed by atoms with Gasteiger partial charge in [0.05, 0.1) is 12.2 Å². The van der Waals surface area contributed by atoms with Crippen molar-refractivity contribution in [3.05, 3.63) is 33.3 Å². The monoisotopic (exact) mass is 325 g/mol. The maximum absolute atomic E-state index is 6.57. The molecule has 0 aromatic heterocycles. The van der Waals surface area contributed by atoms with Gasteiger partial charge in [-0.3, -0.25) is 0 Å². The molecule has 106 valence electrons. The van der Waals surface area contributed by atoms with Crippen LogP contribution in [-0.4, -0.2) is 12.2 Å². The molecular weight excluding hydrogens is 302 g/mol. The van der Waals surface area contributed by atoms with Crippen molar-refractivity contribution in [2.45, 2.75) is 52.9 Å². The third-order valence-corrected chi connectivity index (χ3v) is 5.49. The van der Waals surface area contributed by atoms with E-state index in [-0.39, 0.29) is 12.1 Å². The van der Waals surface area contributed by atoms with Gasteiger partial charge in [0, 0.05) is 16.4 Å². The van der Waals surface area contributed by atoms with Gasteiger partial charge in [-0.15, -0.1) is 0 Å². The van der Waals surface area contributed by atoms with E-state index in [4.69, 9.17) is 10.5 Å². The van der Waals surface area contributed by atoms with Crippen molar-refractivity contribution < 1.29 is 4.74 Å². The van der Waals surface area contributed by atoms with E-state index < -0.39 is 0 Å². The van der Waals surface area contributed by atoms with E-state index in [1.807, 2.05) is 0 Å². The molecule has 1 aliphatic rings. The Bertz CT molecular complexity index is 474. The number of nitrogens with two attached hydrogens (primary N) is 1. The largest absolute Gasteiger partial charge is 0.375 e. The van der Waals surface area contributed by atoms with Crippen molar-refractivity contribution in [3.63, 3.8) is 0 Å². The smallest absolute Gasteiger partial charge is 0.0600 e. The van der Waals surface area contributed by atoms with Crippen LogP contribution in [0, 0.1) is 25.7 Å². The minimum atomic E-state index is 0.0433. The molecule has 5 unspecified atom stereocenters. The number of halogens is 1. The molecule has 1 heterocycles. The van der Waals surface area contributed by atoms with Crippen molar-refractivity contribution in [3.8, 4) is 0 Å². The topological polar surface area (TPSA) is 35.2 Å². The summed E-state index contributed by atoms with van der Waals surface area (Å²) in [5.41, 5.74) is 10.3. The Balaban J connectivity index is 2.34. The summed E-state index contributed by atoms with van der Waals surface area (Å²) in [7, 11) is 0. The fraction of sp³-hybridized carbons (Fsp3) is 0.625. The van der Waals surface area contributed by atoms with Gasteiger partial charge in [-0.25, -0.2) is 0 Å². The van der Waals surface area contributed by atoms with Crippen LogP contribution in [0.5, 0.6) is 0 Å². The van der Waals surface area contributed by atoms with Crippen LogP contribution in [0.25, 0.3) is 0 Å². The summed E-state index contributed by atoms with van der Waals surface area (Å²) in [5.74, 6) is 0.877. The average Bonchev–Trinajstić information content (AvgIpc) is 2.57. The Morgan fingerprint density at radius 3 is 2.26 bits per heavy atom. The number of aryl methyl sites for hydroxylation is 2. The average molecular weight is 326 g/mol. The van der Waals surface area contributed by atoms with Crippen LogP contribution in [0.3, 0.4) is 0 Å². The summed E-state index contributed by atoms with van der Waals surface area (Å²) in [6.07, 6.45) is 0.520. The molecule has 2 N–H and O–H groups in total. The van der Waals surface area contributed by atoms with E-state index in [2.05, 4.69) is 62.7 Å². The van der Waals surface area contributed by atoms with E-state index in [0.717, 1.165) is 4.47 Å². The maximum Gasteiger partial charge on any atom is 0.0600 e. The Labute approximate surface area is 124 Å². The molecule has 0 radical (unpaired) electrons. The van der Waals surface area contributed by atoms with Crippen molar-refractivity contribution in [2.24, 2.45) is 17.6 Å². The van der Waals surface area contributed by atoms with Crippen molar-refractivity contribution in [1.82, 2.24) is 0 Å². The Morgan fingerprint density at radius 1 is 1.11 bits per heavy atom. The molecule has 3 heteroatoms. The summed E-state index contributed by atoms with van der Waals surface area (Å²) >= 11 is 3.58. The van der Waals surface area contributed by atoms with E-state index in [9.17, 15) is 0 Å². The molecule has 1 aliphatic heterocycles. The van der Waals surface area contributed by atoms with Crippen LogP contribution in [0.1, 0.15) is 43.5 Å². The van der Waals surface area contributed by atoms with Gasteiger partial charge in [0.1, 0.15) is 0 Å². The van der Waals surface area contributed by atoms with Gasteiger partial charge in [0.15, 0.2) is 0 Å². The number of ether oxygens (including phenoxy) is 1. The summed E-state index contributed by atoms with van der Waals surface area (Å²) in [6, 6.07) is 4.42. The lowest BCUT2D eigenvalue weighted by molar-refractivity contribution is 0.0489. The Hall–Kier alpha value is -0.380. The molecule has 0 aliphatic carbocycles. The third kappa shape index (κ3) is 2.74. The van der Waals surface area contributed by atoms with E-state index in [1.165, 1.54) is 16.7 Å². The molecule has 2 rings (SSSR count). The van der Waals surface area contributed by atoms with Crippen molar-refractivity contribution in [1.29, 1.82) is 0 Å². The lowest BCUT2D eigenvalue weighted by atomic mass is 9.79. The molecule has 19 heavy (non-hydrogen) atoms. The number of hydrogen-bond donors (Lipinski definition) is 1. The van der Waals surface area contributed by atoms with Crippen LogP contribution >= 0.6 is 15.9 Å². The first-order valence-electron chi connectivity index (χ1n) is 7.00. The number of benzene rings is 1. The Kier molecular flexibility index (Phi) is 4.38. The van der Waals surface area contributed by atoms with Gasteiger partial charge >= 0.3 is 0 Å². The van der Waals surface area contributed by atoms with Crippen molar-refractivity contribution in [2.75, 3.05) is 0 Å². The third-order valence-electron chi connectivity index (χ3n) is 4.64. The van der Waals surface area contributed by atoms with Crippen LogP contribution in [-0.2, 0) is 4.74 Å². The fourth-order valence-corrected chi connectivity index (χ4v) is 3.74. The zero-order chi connectivity index (χ0) is 14.3. The minimum absolute atomic E-state index is 0.0433. The highest BCUT2D eigenvalue weighted by Gasteiger charge is 2.41. The van der Waals surface area contributed by atoms with E-state index in [1.54, 1.807) is 0 Å². The highest BCUT2D eigenvalue weighted by Crippen LogP contribution is 2.40. The molecule has 5 atom stereocenters. The van der Waals surface area contributed by atoms with E-state index >= 15 is 0 Å². The first-order valence-corrected chi connectivity index (χ1v) is 7.80. The SMILES string of the molecule is Cc1cc(C(N)C2C(C)OC(C)C2C)c(C)cc1Br. The quantitative estimate of drug-likeness (QED) is 0.887. The van der Waals surface area contributed by atoms with E-state index in [0.29, 0.717) is 17.9 Å². The van der Waals surface area contributed by atoms with Gasteiger partial charge in [0.25, 0.3) is 0 Å². The maximum atomic E-state index is 6.57. The zero-order valence-electron chi connectivity index (χ0n) is 12.4. The highest BCUT2D eigenvalue weighted by atomic mass is 79.9. The second-order valence-electron chi connectivity index (χ2n) is 5.97. The van der Waals surface area contributed by atoms with Crippen LogP contribution in [0.4, 0.5) is 0 Å². The predicted octanol–water partition coefficient (Wildman–Crippen LogP) is 4.13. The molecule has 0 bridgehead atoms. The molecule has 0 saturated carbocycles. The fourth-order valence-electron chi connectivity index (χ4n) is 3.28. The lowest BCUT2D eigenvalue weighted by Gasteiger charge is -2.27. The molecule has 2 nitrogen and oxygen atoms in total. The molecule has 0 amide bonds. The lowest BCUT2D eigenvalue weighted by Crippen LogP contribution is -2.31. The Morgan fingerprint density at radius 2 is 1.74 bits per heavy atom. The van der Waals surface area contributed by atoms with Gasteiger partial charge in [-0.2, -0.15) is 0 Å². The van der Waals surface area contributed by atoms with Crippen LogP contribution < -0.4 is 5.73 Å². The van der Waals surface area contributed by atoms with Crippen LogP contribution in [0.15, 0.2) is 16.6 Å². The number of hydrogen-bond acceptors (Lipinski definition) is 2. The molecule has 1 aromatic carbocycles. The van der Waals surface area contributed by atoms with Crippen LogP contribution in [0.2, 0.25) is 0 Å². The molecule has 1 fully saturated rings. The first kappa shape index (κ1) is 15.0. The standard InChI is InChI=1S/C16H24BrNO/c1-8-7-14(17)9(2)6-13(8)16(18)15-10(3)11(4)19-12(15)5/h6-7,10-12,15-16H,18H2,1-5H3. The molecule has 1 aromatic rings. The first-order chi connectivity index (χ1) is 8.82. The molecular formula is C16H24BrNO. The predicted molar refractivity (Wildman–Crippen MR) is 83.2 cm³/mol. The van der Waals surface area contributed by atoms with Gasteiger partial charge in [-0.1, -0.05) is 28.9 Å². The molecule has 0 spiro atoms. The second kappa shape index (κ2) is 5.55. The molecule has 1 saturated heterocycles. The van der Waals surface area contributed by atoms with Crippen molar-refractivity contribution >= 4 is 15.9 Å².